The Balaban J connectivity index is 2.17. The number of hydrogen-bond acceptors (Lipinski definition) is 4. The van der Waals surface area contributed by atoms with Gasteiger partial charge in [-0.3, -0.25) is 0 Å². The summed E-state index contributed by atoms with van der Waals surface area (Å²) in [7, 11) is 3.28. The molecular formula is C15H23NO3. The second kappa shape index (κ2) is 6.26. The van der Waals surface area contributed by atoms with E-state index in [1.165, 1.54) is 0 Å². The van der Waals surface area contributed by atoms with Gasteiger partial charge in [-0.15, -0.1) is 0 Å². The summed E-state index contributed by atoms with van der Waals surface area (Å²) in [6.45, 7) is 2.91. The Bertz CT molecular complexity index is 428. The van der Waals surface area contributed by atoms with Gasteiger partial charge in [0, 0.05) is 12.6 Å². The third kappa shape index (κ3) is 3.19. The van der Waals surface area contributed by atoms with Crippen molar-refractivity contribution in [2.75, 3.05) is 20.8 Å². The molecule has 1 aliphatic rings. The first-order chi connectivity index (χ1) is 9.15. The average molecular weight is 265 g/mol. The molecule has 2 rings (SSSR count). The molecule has 19 heavy (non-hydrogen) atoms. The lowest BCUT2D eigenvalue weighted by Gasteiger charge is -2.20. The number of rotatable bonds is 5. The van der Waals surface area contributed by atoms with Gasteiger partial charge in [0.1, 0.15) is 0 Å². The molecule has 0 amide bonds. The monoisotopic (exact) mass is 265 g/mol. The van der Waals surface area contributed by atoms with E-state index in [1.54, 1.807) is 14.2 Å². The van der Waals surface area contributed by atoms with Gasteiger partial charge in [0.2, 0.25) is 0 Å². The number of hydrogen-bond donors (Lipinski definition) is 1. The predicted molar refractivity (Wildman–Crippen MR) is 74.8 cm³/mol. The fraction of sp³-hybridized carbons (Fsp3) is 0.600. The molecule has 0 aromatic heterocycles. The normalized spacial score (nSPS) is 20.3. The summed E-state index contributed by atoms with van der Waals surface area (Å²) in [6.07, 6.45) is 3.40. The zero-order valence-corrected chi connectivity index (χ0v) is 11.9. The maximum absolute atomic E-state index is 6.31. The lowest BCUT2D eigenvalue weighted by molar-refractivity contribution is 0.0982. The minimum Gasteiger partial charge on any atom is -0.493 e. The molecule has 1 heterocycles. The molecule has 0 aliphatic carbocycles. The Labute approximate surface area is 114 Å². The lowest BCUT2D eigenvalue weighted by Crippen LogP contribution is -2.19. The van der Waals surface area contributed by atoms with E-state index in [0.29, 0.717) is 6.10 Å². The number of benzene rings is 1. The molecule has 1 saturated heterocycles. The molecule has 4 nitrogen and oxygen atoms in total. The molecule has 1 aromatic rings. The van der Waals surface area contributed by atoms with Gasteiger partial charge in [-0.05, 0) is 49.4 Å². The summed E-state index contributed by atoms with van der Waals surface area (Å²) in [4.78, 5) is 0. The molecule has 4 heteroatoms. The van der Waals surface area contributed by atoms with E-state index in [-0.39, 0.29) is 6.04 Å². The predicted octanol–water partition coefficient (Wildman–Crippen LogP) is 2.58. The highest BCUT2D eigenvalue weighted by molar-refractivity contribution is 5.48. The maximum Gasteiger partial charge on any atom is 0.161 e. The number of aryl methyl sites for hydroxylation is 1. The largest absolute Gasteiger partial charge is 0.493 e. The van der Waals surface area contributed by atoms with Crippen molar-refractivity contribution in [3.05, 3.63) is 23.3 Å². The van der Waals surface area contributed by atoms with Gasteiger partial charge in [-0.2, -0.15) is 0 Å². The fourth-order valence-corrected chi connectivity index (χ4v) is 2.64. The summed E-state index contributed by atoms with van der Waals surface area (Å²) in [6, 6.07) is 3.93. The minimum atomic E-state index is -0.0251. The zero-order valence-electron chi connectivity index (χ0n) is 11.9. The summed E-state index contributed by atoms with van der Waals surface area (Å²) >= 11 is 0. The van der Waals surface area contributed by atoms with Crippen LogP contribution in [0.25, 0.3) is 0 Å². The molecule has 2 unspecified atom stereocenters. The Hall–Kier alpha value is -1.26. The minimum absolute atomic E-state index is 0.0251. The topological polar surface area (TPSA) is 53.7 Å². The summed E-state index contributed by atoms with van der Waals surface area (Å²) < 4.78 is 16.3. The first kappa shape index (κ1) is 14.2. The number of methoxy groups -OCH3 is 2. The van der Waals surface area contributed by atoms with Crippen LogP contribution in [0.15, 0.2) is 12.1 Å². The van der Waals surface area contributed by atoms with Crippen molar-refractivity contribution in [1.29, 1.82) is 0 Å². The first-order valence-electron chi connectivity index (χ1n) is 6.75. The van der Waals surface area contributed by atoms with Crippen molar-refractivity contribution in [2.45, 2.75) is 38.3 Å². The number of nitrogens with two attached hydrogens (primary N) is 1. The van der Waals surface area contributed by atoms with E-state index in [1.807, 2.05) is 19.1 Å². The summed E-state index contributed by atoms with van der Waals surface area (Å²) in [5.74, 6) is 1.47. The number of ether oxygens (including phenoxy) is 3. The van der Waals surface area contributed by atoms with E-state index < -0.39 is 0 Å². The maximum atomic E-state index is 6.31. The molecule has 1 aromatic carbocycles. The molecule has 0 bridgehead atoms. The van der Waals surface area contributed by atoms with E-state index in [9.17, 15) is 0 Å². The summed E-state index contributed by atoms with van der Waals surface area (Å²) in [5, 5.41) is 0. The molecule has 106 valence electrons. The van der Waals surface area contributed by atoms with Crippen LogP contribution >= 0.6 is 0 Å². The van der Waals surface area contributed by atoms with Crippen LogP contribution in [-0.4, -0.2) is 26.9 Å². The van der Waals surface area contributed by atoms with Crippen LogP contribution in [0.4, 0.5) is 0 Å². The van der Waals surface area contributed by atoms with E-state index in [0.717, 1.165) is 48.5 Å². The van der Waals surface area contributed by atoms with Gasteiger partial charge >= 0.3 is 0 Å². The SMILES string of the molecule is COc1cc(C)c(C(N)CC2CCCO2)cc1OC. The van der Waals surface area contributed by atoms with Crippen LogP contribution in [0.5, 0.6) is 11.5 Å². The van der Waals surface area contributed by atoms with Crippen molar-refractivity contribution < 1.29 is 14.2 Å². The van der Waals surface area contributed by atoms with E-state index in [4.69, 9.17) is 19.9 Å². The Morgan fingerprint density at radius 3 is 2.58 bits per heavy atom. The third-order valence-corrected chi connectivity index (χ3v) is 3.71. The van der Waals surface area contributed by atoms with Crippen LogP contribution in [0.1, 0.15) is 36.4 Å². The van der Waals surface area contributed by atoms with Crippen molar-refractivity contribution in [1.82, 2.24) is 0 Å². The van der Waals surface area contributed by atoms with Gasteiger partial charge < -0.3 is 19.9 Å². The average Bonchev–Trinajstić information content (AvgIpc) is 2.90. The Morgan fingerprint density at radius 1 is 1.32 bits per heavy atom. The Morgan fingerprint density at radius 2 is 2.00 bits per heavy atom. The van der Waals surface area contributed by atoms with Gasteiger partial charge in [0.25, 0.3) is 0 Å². The van der Waals surface area contributed by atoms with Crippen LogP contribution in [0, 0.1) is 6.92 Å². The molecule has 0 spiro atoms. The van der Waals surface area contributed by atoms with Crippen LogP contribution < -0.4 is 15.2 Å². The van der Waals surface area contributed by atoms with Crippen LogP contribution in [0.2, 0.25) is 0 Å². The van der Waals surface area contributed by atoms with Gasteiger partial charge in [-0.1, -0.05) is 0 Å². The van der Waals surface area contributed by atoms with Gasteiger partial charge in [0.15, 0.2) is 11.5 Å². The molecule has 2 N–H and O–H groups in total. The first-order valence-corrected chi connectivity index (χ1v) is 6.75. The summed E-state index contributed by atoms with van der Waals surface area (Å²) in [5.41, 5.74) is 8.55. The molecule has 1 fully saturated rings. The fourth-order valence-electron chi connectivity index (χ4n) is 2.64. The second-order valence-electron chi connectivity index (χ2n) is 5.04. The Kier molecular flexibility index (Phi) is 4.66. The quantitative estimate of drug-likeness (QED) is 0.889. The smallest absolute Gasteiger partial charge is 0.161 e. The van der Waals surface area contributed by atoms with Crippen LogP contribution in [0.3, 0.4) is 0 Å². The highest BCUT2D eigenvalue weighted by Gasteiger charge is 2.21. The highest BCUT2D eigenvalue weighted by Crippen LogP contribution is 2.34. The highest BCUT2D eigenvalue weighted by atomic mass is 16.5. The van der Waals surface area contributed by atoms with Crippen molar-refractivity contribution >= 4 is 0 Å². The zero-order chi connectivity index (χ0) is 13.8. The molecule has 0 saturated carbocycles. The standard InChI is InChI=1S/C15H23NO3/c1-10-7-14(17-2)15(18-3)9-12(10)13(16)8-11-5-4-6-19-11/h7,9,11,13H,4-6,8,16H2,1-3H3. The third-order valence-electron chi connectivity index (χ3n) is 3.71. The second-order valence-corrected chi connectivity index (χ2v) is 5.04. The lowest BCUT2D eigenvalue weighted by atomic mass is 9.96. The molecule has 1 aliphatic heterocycles. The van der Waals surface area contributed by atoms with Gasteiger partial charge in [-0.25, -0.2) is 0 Å². The van der Waals surface area contributed by atoms with Crippen molar-refractivity contribution in [3.63, 3.8) is 0 Å². The van der Waals surface area contributed by atoms with Gasteiger partial charge in [0.05, 0.1) is 20.3 Å². The van der Waals surface area contributed by atoms with E-state index in [2.05, 4.69) is 0 Å². The molecule has 0 radical (unpaired) electrons. The van der Waals surface area contributed by atoms with Crippen LogP contribution in [-0.2, 0) is 4.74 Å². The van der Waals surface area contributed by atoms with Crippen molar-refractivity contribution in [3.8, 4) is 11.5 Å². The molecule has 2 atom stereocenters. The van der Waals surface area contributed by atoms with E-state index >= 15 is 0 Å². The van der Waals surface area contributed by atoms with Crippen molar-refractivity contribution in [2.24, 2.45) is 5.73 Å². The molecular weight excluding hydrogens is 242 g/mol.